The highest BCUT2D eigenvalue weighted by atomic mass is 32.2. The lowest BCUT2D eigenvalue weighted by atomic mass is 10.2. The van der Waals surface area contributed by atoms with E-state index in [9.17, 15) is 19.2 Å². The SMILES string of the molecule is CCCn1c(=O)c2ccccc2n2c(SCC(=O)c3c(N)n(C)c(=O)n(C)c3=O)nnc12. The summed E-state index contributed by atoms with van der Waals surface area (Å²) in [5.41, 5.74) is 4.75. The van der Waals surface area contributed by atoms with E-state index in [2.05, 4.69) is 10.2 Å². The van der Waals surface area contributed by atoms with E-state index < -0.39 is 17.0 Å². The van der Waals surface area contributed by atoms with Crippen LogP contribution in [0.25, 0.3) is 16.7 Å². The number of nitrogens with zero attached hydrogens (tertiary/aromatic N) is 6. The van der Waals surface area contributed by atoms with E-state index in [1.807, 2.05) is 6.92 Å². The summed E-state index contributed by atoms with van der Waals surface area (Å²) >= 11 is 1.07. The summed E-state index contributed by atoms with van der Waals surface area (Å²) in [6.07, 6.45) is 0.733. The number of aromatic nitrogens is 6. The highest BCUT2D eigenvalue weighted by Crippen LogP contribution is 2.22. The molecular weight excluding hydrogens is 434 g/mol. The summed E-state index contributed by atoms with van der Waals surface area (Å²) in [6.45, 7) is 2.43. The van der Waals surface area contributed by atoms with Gasteiger partial charge in [-0.3, -0.25) is 32.5 Å². The third kappa shape index (κ3) is 3.23. The third-order valence-corrected chi connectivity index (χ3v) is 6.18. The van der Waals surface area contributed by atoms with Crippen LogP contribution in [0.4, 0.5) is 5.82 Å². The number of anilines is 1. The van der Waals surface area contributed by atoms with Crippen LogP contribution in [0, 0.1) is 0 Å². The van der Waals surface area contributed by atoms with Gasteiger partial charge in [-0.05, 0) is 18.6 Å². The summed E-state index contributed by atoms with van der Waals surface area (Å²) in [4.78, 5) is 50.2. The second-order valence-corrected chi connectivity index (χ2v) is 8.21. The van der Waals surface area contributed by atoms with E-state index in [0.29, 0.717) is 28.4 Å². The van der Waals surface area contributed by atoms with E-state index in [-0.39, 0.29) is 22.7 Å². The summed E-state index contributed by atoms with van der Waals surface area (Å²) in [5.74, 6) is -0.494. The summed E-state index contributed by atoms with van der Waals surface area (Å²) in [6, 6.07) is 7.11. The van der Waals surface area contributed by atoms with Gasteiger partial charge in [0.2, 0.25) is 5.78 Å². The van der Waals surface area contributed by atoms with Gasteiger partial charge >= 0.3 is 5.69 Å². The molecule has 0 bridgehead atoms. The van der Waals surface area contributed by atoms with Crippen LogP contribution in [0.15, 0.2) is 43.8 Å². The van der Waals surface area contributed by atoms with Crippen molar-refractivity contribution in [3.63, 3.8) is 0 Å². The zero-order chi connectivity index (χ0) is 23.2. The number of nitrogens with two attached hydrogens (primary N) is 1. The Morgan fingerprint density at radius 3 is 2.50 bits per heavy atom. The Morgan fingerprint density at radius 1 is 1.06 bits per heavy atom. The topological polar surface area (TPSA) is 139 Å². The lowest BCUT2D eigenvalue weighted by Crippen LogP contribution is -2.41. The fourth-order valence-electron chi connectivity index (χ4n) is 3.58. The van der Waals surface area contributed by atoms with Crippen LogP contribution < -0.4 is 22.5 Å². The number of Topliss-reactive ketones (excluding diaryl/α,β-unsaturated/α-hetero) is 1. The number of nitrogen functional groups attached to an aromatic ring is 1. The first-order valence-corrected chi connectivity index (χ1v) is 10.8. The number of para-hydroxylation sites is 1. The number of carbonyl (C=O) groups is 1. The molecule has 4 aromatic rings. The predicted octanol–water partition coefficient (Wildman–Crippen LogP) is 0.409. The molecular formula is C20H21N7O4S. The lowest BCUT2D eigenvalue weighted by Gasteiger charge is -2.11. The molecule has 0 amide bonds. The number of thioether (sulfide) groups is 1. The first-order valence-electron chi connectivity index (χ1n) is 9.86. The minimum absolute atomic E-state index is 0.153. The zero-order valence-electron chi connectivity index (χ0n) is 17.7. The largest absolute Gasteiger partial charge is 0.384 e. The van der Waals surface area contributed by atoms with Crippen LogP contribution in [-0.4, -0.2) is 39.8 Å². The highest BCUT2D eigenvalue weighted by Gasteiger charge is 2.22. The highest BCUT2D eigenvalue weighted by molar-refractivity contribution is 7.99. The molecule has 0 radical (unpaired) electrons. The van der Waals surface area contributed by atoms with Crippen LogP contribution in [0.1, 0.15) is 23.7 Å². The molecule has 0 unspecified atom stereocenters. The second-order valence-electron chi connectivity index (χ2n) is 7.27. The fraction of sp³-hybridized carbons (Fsp3) is 0.300. The molecule has 4 rings (SSSR count). The van der Waals surface area contributed by atoms with Gasteiger partial charge in [0.15, 0.2) is 10.9 Å². The summed E-state index contributed by atoms with van der Waals surface area (Å²) in [5, 5.41) is 9.27. The van der Waals surface area contributed by atoms with Gasteiger partial charge in [-0.25, -0.2) is 4.79 Å². The molecule has 0 saturated carbocycles. The standard InChI is InChI=1S/C20H21N7O4S/c1-4-9-26-16(29)11-7-5-6-8-12(11)27-18(26)22-23-19(27)32-10-13(28)14-15(21)24(2)20(31)25(3)17(14)30/h5-8H,4,9-10,21H2,1-3H3. The minimum Gasteiger partial charge on any atom is -0.384 e. The van der Waals surface area contributed by atoms with Gasteiger partial charge in [0, 0.05) is 20.6 Å². The molecule has 32 heavy (non-hydrogen) atoms. The number of fused-ring (bicyclic) bond motifs is 3. The van der Waals surface area contributed by atoms with E-state index >= 15 is 0 Å². The Labute approximate surface area is 185 Å². The van der Waals surface area contributed by atoms with E-state index in [4.69, 9.17) is 5.73 Å². The Morgan fingerprint density at radius 2 is 1.78 bits per heavy atom. The van der Waals surface area contributed by atoms with Crippen molar-refractivity contribution in [2.24, 2.45) is 14.1 Å². The molecule has 0 atom stereocenters. The molecule has 0 aliphatic heterocycles. The smallest absolute Gasteiger partial charge is 0.332 e. The maximum absolute atomic E-state index is 12.9. The predicted molar refractivity (Wildman–Crippen MR) is 121 cm³/mol. The molecule has 0 aliphatic rings. The number of aryl methyl sites for hydroxylation is 1. The molecule has 12 heteroatoms. The van der Waals surface area contributed by atoms with Crippen molar-refractivity contribution < 1.29 is 4.79 Å². The fourth-order valence-corrected chi connectivity index (χ4v) is 4.39. The average Bonchev–Trinajstić information content (AvgIpc) is 3.22. The van der Waals surface area contributed by atoms with E-state index in [1.54, 1.807) is 33.2 Å². The van der Waals surface area contributed by atoms with Crippen molar-refractivity contribution in [1.82, 2.24) is 28.3 Å². The van der Waals surface area contributed by atoms with Crippen molar-refractivity contribution in [3.05, 3.63) is 61.0 Å². The average molecular weight is 456 g/mol. The van der Waals surface area contributed by atoms with Crippen LogP contribution >= 0.6 is 11.8 Å². The number of rotatable bonds is 6. The van der Waals surface area contributed by atoms with Gasteiger partial charge in [0.25, 0.3) is 11.1 Å². The van der Waals surface area contributed by atoms with E-state index in [1.165, 1.54) is 14.1 Å². The summed E-state index contributed by atoms with van der Waals surface area (Å²) < 4.78 is 5.19. The molecule has 1 aromatic carbocycles. The first-order chi connectivity index (χ1) is 15.3. The zero-order valence-corrected chi connectivity index (χ0v) is 18.5. The first kappa shape index (κ1) is 21.6. The van der Waals surface area contributed by atoms with Gasteiger partial charge in [-0.15, -0.1) is 10.2 Å². The normalized spacial score (nSPS) is 11.5. The summed E-state index contributed by atoms with van der Waals surface area (Å²) in [7, 11) is 2.69. The Balaban J connectivity index is 1.79. The number of hydrogen-bond acceptors (Lipinski definition) is 8. The van der Waals surface area contributed by atoms with Crippen molar-refractivity contribution in [1.29, 1.82) is 0 Å². The molecule has 0 saturated heterocycles. The third-order valence-electron chi connectivity index (χ3n) is 5.25. The number of carbonyl (C=O) groups excluding carboxylic acids is 1. The maximum Gasteiger partial charge on any atom is 0.332 e. The van der Waals surface area contributed by atoms with Gasteiger partial charge in [-0.1, -0.05) is 30.8 Å². The molecule has 3 heterocycles. The number of hydrogen-bond donors (Lipinski definition) is 1. The van der Waals surface area contributed by atoms with Crippen molar-refractivity contribution in [2.75, 3.05) is 11.5 Å². The molecule has 0 fully saturated rings. The molecule has 11 nitrogen and oxygen atoms in total. The molecule has 2 N–H and O–H groups in total. The van der Waals surface area contributed by atoms with Gasteiger partial charge in [0.1, 0.15) is 11.4 Å². The Bertz CT molecular complexity index is 1560. The lowest BCUT2D eigenvalue weighted by molar-refractivity contribution is 0.102. The van der Waals surface area contributed by atoms with Crippen molar-refractivity contribution in [3.8, 4) is 0 Å². The molecule has 3 aromatic heterocycles. The minimum atomic E-state index is -0.746. The quantitative estimate of drug-likeness (QED) is 0.326. The van der Waals surface area contributed by atoms with Crippen LogP contribution in [0.5, 0.6) is 0 Å². The molecule has 0 spiro atoms. The van der Waals surface area contributed by atoms with E-state index in [0.717, 1.165) is 27.3 Å². The number of benzene rings is 1. The van der Waals surface area contributed by atoms with Crippen molar-refractivity contribution in [2.45, 2.75) is 25.0 Å². The maximum atomic E-state index is 12.9. The van der Waals surface area contributed by atoms with Gasteiger partial charge < -0.3 is 5.73 Å². The van der Waals surface area contributed by atoms with Crippen molar-refractivity contribution >= 4 is 40.0 Å². The van der Waals surface area contributed by atoms with Crippen LogP contribution in [-0.2, 0) is 20.6 Å². The molecule has 0 aliphatic carbocycles. The van der Waals surface area contributed by atoms with Crippen LogP contribution in [0.3, 0.4) is 0 Å². The number of ketones is 1. The second kappa shape index (κ2) is 8.11. The van der Waals surface area contributed by atoms with Gasteiger partial charge in [-0.2, -0.15) is 0 Å². The van der Waals surface area contributed by atoms with Gasteiger partial charge in [0.05, 0.1) is 16.7 Å². The monoisotopic (exact) mass is 455 g/mol. The molecule has 166 valence electrons. The Kier molecular flexibility index (Phi) is 5.46. The van der Waals surface area contributed by atoms with Crippen LogP contribution in [0.2, 0.25) is 0 Å². The Hall–Kier alpha value is -3.67.